The predicted molar refractivity (Wildman–Crippen MR) is 77.0 cm³/mol. The number of benzene rings is 1. The highest BCUT2D eigenvalue weighted by molar-refractivity contribution is 7.93. The molecular weight excluding hydrogens is 290 g/mol. The summed E-state index contributed by atoms with van der Waals surface area (Å²) in [5.74, 6) is 0.693. The number of hydrogen-bond donors (Lipinski definition) is 0. The third-order valence-electron chi connectivity index (χ3n) is 3.27. The number of nitrogens with zero attached hydrogens (tertiary/aromatic N) is 3. The topological polar surface area (TPSA) is 85.4 Å². The molecule has 0 aliphatic heterocycles. The molecule has 1 heterocycles. The van der Waals surface area contributed by atoms with Crippen molar-refractivity contribution in [2.75, 3.05) is 6.26 Å². The van der Waals surface area contributed by atoms with E-state index in [2.05, 4.69) is 14.5 Å². The highest BCUT2D eigenvalue weighted by atomic mass is 32.2. The van der Waals surface area contributed by atoms with Crippen LogP contribution in [0.15, 0.2) is 38.0 Å². The molecule has 6 nitrogen and oxygen atoms in total. The van der Waals surface area contributed by atoms with Crippen molar-refractivity contribution in [3.05, 3.63) is 30.2 Å². The molecule has 1 aromatic heterocycles. The number of aryl methyl sites for hydroxylation is 1. The van der Waals surface area contributed by atoms with E-state index in [1.165, 1.54) is 6.26 Å². The maximum atomic E-state index is 12.5. The Morgan fingerprint density at radius 3 is 2.52 bits per heavy atom. The van der Waals surface area contributed by atoms with Crippen molar-refractivity contribution < 1.29 is 13.5 Å². The highest BCUT2D eigenvalue weighted by Gasteiger charge is 2.30. The van der Waals surface area contributed by atoms with Crippen molar-refractivity contribution in [3.63, 3.8) is 0 Å². The van der Waals surface area contributed by atoms with Crippen LogP contribution in [0, 0.1) is 12.8 Å². The van der Waals surface area contributed by atoms with Gasteiger partial charge in [-0.2, -0.15) is 9.35 Å². The number of hydrogen-bond acceptors (Lipinski definition) is 5. The molecule has 0 radical (unpaired) electrons. The van der Waals surface area contributed by atoms with Gasteiger partial charge in [0.1, 0.15) is 0 Å². The van der Waals surface area contributed by atoms with Crippen LogP contribution in [0.4, 0.5) is 0 Å². The van der Waals surface area contributed by atoms with E-state index >= 15 is 0 Å². The maximum Gasteiger partial charge on any atom is 0.257 e. The number of aromatic nitrogens is 2. The first-order chi connectivity index (χ1) is 9.95. The number of carbonyl (C=O) groups is 1. The fraction of sp³-hybridized carbons (Fsp3) is 0.357. The third-order valence-corrected chi connectivity index (χ3v) is 4.94. The monoisotopic (exact) mass is 305 g/mol. The summed E-state index contributed by atoms with van der Waals surface area (Å²) in [5.41, 5.74) is 0.763. The molecule has 1 fully saturated rings. The summed E-state index contributed by atoms with van der Waals surface area (Å²) in [6, 6.07) is 6.87. The van der Waals surface area contributed by atoms with E-state index in [0.29, 0.717) is 16.6 Å². The fourth-order valence-corrected chi connectivity index (χ4v) is 3.14. The molecule has 2 aromatic rings. The molecule has 1 unspecified atom stereocenters. The minimum absolute atomic E-state index is 0.0210. The SMILES string of the molecule is Cc1nc(-c2ccc(S(C)(=O)=NC(=O)C3CC3)cc2)no1. The Balaban J connectivity index is 1.89. The molecule has 0 N–H and O–H groups in total. The molecule has 1 atom stereocenters. The van der Waals surface area contributed by atoms with Crippen molar-refractivity contribution >= 4 is 15.6 Å². The van der Waals surface area contributed by atoms with E-state index < -0.39 is 9.73 Å². The molecule has 0 spiro atoms. The van der Waals surface area contributed by atoms with Crippen LogP contribution in [0.5, 0.6) is 0 Å². The summed E-state index contributed by atoms with van der Waals surface area (Å²) >= 11 is 0. The van der Waals surface area contributed by atoms with Crippen LogP contribution >= 0.6 is 0 Å². The lowest BCUT2D eigenvalue weighted by atomic mass is 10.2. The van der Waals surface area contributed by atoms with Gasteiger partial charge < -0.3 is 4.52 Å². The number of rotatable bonds is 3. The average Bonchev–Trinajstić information content (AvgIpc) is 3.21. The quantitative estimate of drug-likeness (QED) is 0.869. The van der Waals surface area contributed by atoms with Gasteiger partial charge >= 0.3 is 0 Å². The standard InChI is InChI=1S/C14H15N3O3S/c1-9-15-13(16-20-9)10-5-7-12(8-6-10)21(2,19)17-14(18)11-3-4-11/h5-8,11H,3-4H2,1-2H3. The molecular formula is C14H15N3O3S. The molecule has 1 aromatic carbocycles. The molecule has 1 amide bonds. The molecule has 1 saturated carbocycles. The van der Waals surface area contributed by atoms with Gasteiger partial charge in [0.05, 0.1) is 9.73 Å². The normalized spacial score (nSPS) is 17.2. The first-order valence-electron chi connectivity index (χ1n) is 6.62. The second-order valence-electron chi connectivity index (χ2n) is 5.17. The third kappa shape index (κ3) is 3.02. The van der Waals surface area contributed by atoms with E-state index in [4.69, 9.17) is 4.52 Å². The lowest BCUT2D eigenvalue weighted by molar-refractivity contribution is -0.118. The summed E-state index contributed by atoms with van der Waals surface area (Å²) < 4.78 is 21.4. The molecule has 0 saturated heterocycles. The fourth-order valence-electron chi connectivity index (χ4n) is 1.90. The first kappa shape index (κ1) is 13.9. The largest absolute Gasteiger partial charge is 0.339 e. The second-order valence-corrected chi connectivity index (χ2v) is 7.43. The Morgan fingerprint density at radius 1 is 1.33 bits per heavy atom. The zero-order valence-corrected chi connectivity index (χ0v) is 12.6. The van der Waals surface area contributed by atoms with Crippen molar-refractivity contribution in [1.29, 1.82) is 0 Å². The van der Waals surface area contributed by atoms with Crippen LogP contribution in [0.2, 0.25) is 0 Å². The van der Waals surface area contributed by atoms with Gasteiger partial charge in [-0.3, -0.25) is 4.79 Å². The molecule has 110 valence electrons. The van der Waals surface area contributed by atoms with Crippen LogP contribution in [0.1, 0.15) is 18.7 Å². The Morgan fingerprint density at radius 2 is 2.00 bits per heavy atom. The summed E-state index contributed by atoms with van der Waals surface area (Å²) in [6.45, 7) is 1.71. The molecule has 0 bridgehead atoms. The summed E-state index contributed by atoms with van der Waals surface area (Å²) in [7, 11) is -2.70. The Bertz CT molecular complexity index is 797. The van der Waals surface area contributed by atoms with Gasteiger partial charge in [0, 0.05) is 29.6 Å². The van der Waals surface area contributed by atoms with Crippen LogP contribution in [0.25, 0.3) is 11.4 Å². The summed E-state index contributed by atoms with van der Waals surface area (Å²) in [6.07, 6.45) is 3.20. The zero-order valence-electron chi connectivity index (χ0n) is 11.8. The van der Waals surface area contributed by atoms with Crippen molar-refractivity contribution in [1.82, 2.24) is 10.1 Å². The van der Waals surface area contributed by atoms with E-state index in [1.807, 2.05) is 0 Å². The molecule has 3 rings (SSSR count). The van der Waals surface area contributed by atoms with Gasteiger partial charge in [-0.05, 0) is 37.1 Å². The van der Waals surface area contributed by atoms with Gasteiger partial charge in [0.15, 0.2) is 0 Å². The molecule has 1 aliphatic carbocycles. The summed E-state index contributed by atoms with van der Waals surface area (Å²) in [4.78, 5) is 16.4. The van der Waals surface area contributed by atoms with Crippen LogP contribution < -0.4 is 0 Å². The maximum absolute atomic E-state index is 12.5. The van der Waals surface area contributed by atoms with Gasteiger partial charge in [0.25, 0.3) is 5.91 Å². The summed E-state index contributed by atoms with van der Waals surface area (Å²) in [5, 5.41) is 3.82. The van der Waals surface area contributed by atoms with Crippen LogP contribution in [-0.2, 0) is 14.5 Å². The Hall–Kier alpha value is -2.02. The van der Waals surface area contributed by atoms with Crippen molar-refractivity contribution in [3.8, 4) is 11.4 Å². The van der Waals surface area contributed by atoms with E-state index in [1.54, 1.807) is 31.2 Å². The van der Waals surface area contributed by atoms with Crippen molar-refractivity contribution in [2.24, 2.45) is 10.3 Å². The first-order valence-corrected chi connectivity index (χ1v) is 8.55. The molecule has 1 aliphatic rings. The zero-order chi connectivity index (χ0) is 15.0. The molecule has 21 heavy (non-hydrogen) atoms. The van der Waals surface area contributed by atoms with Gasteiger partial charge in [-0.1, -0.05) is 5.16 Å². The lowest BCUT2D eigenvalue weighted by Crippen LogP contribution is -2.04. The molecule has 7 heteroatoms. The Labute approximate surface area is 122 Å². The van der Waals surface area contributed by atoms with E-state index in [0.717, 1.165) is 18.4 Å². The van der Waals surface area contributed by atoms with Crippen LogP contribution in [0.3, 0.4) is 0 Å². The average molecular weight is 305 g/mol. The predicted octanol–water partition coefficient (Wildman–Crippen LogP) is 2.44. The lowest BCUT2D eigenvalue weighted by Gasteiger charge is -2.04. The highest BCUT2D eigenvalue weighted by Crippen LogP contribution is 2.31. The second kappa shape index (κ2) is 5.07. The van der Waals surface area contributed by atoms with Gasteiger partial charge in [-0.25, -0.2) is 4.21 Å². The Kier molecular flexibility index (Phi) is 3.36. The minimum atomic E-state index is -2.70. The van der Waals surface area contributed by atoms with Gasteiger partial charge in [-0.15, -0.1) is 0 Å². The van der Waals surface area contributed by atoms with Gasteiger partial charge in [0.2, 0.25) is 11.7 Å². The number of amides is 1. The van der Waals surface area contributed by atoms with E-state index in [-0.39, 0.29) is 11.8 Å². The smallest absolute Gasteiger partial charge is 0.257 e. The van der Waals surface area contributed by atoms with Crippen molar-refractivity contribution in [2.45, 2.75) is 24.7 Å². The minimum Gasteiger partial charge on any atom is -0.339 e. The number of carbonyl (C=O) groups excluding carboxylic acids is 1. The van der Waals surface area contributed by atoms with E-state index in [9.17, 15) is 9.00 Å². The van der Waals surface area contributed by atoms with Crippen LogP contribution in [-0.4, -0.2) is 26.5 Å².